The van der Waals surface area contributed by atoms with Crippen molar-refractivity contribution in [3.63, 3.8) is 0 Å². The zero-order valence-corrected chi connectivity index (χ0v) is 7.39. The summed E-state index contributed by atoms with van der Waals surface area (Å²) in [6.45, 7) is 0. The standard InChI is InChI=1S/C7H10O7.Na.H/c1-14-6(12)7(13,2-4(8)9)3-5(10)11;;/h13H,2-3H2,1H3,(H,8,9)(H,10,11);;. The van der Waals surface area contributed by atoms with E-state index in [-0.39, 0.29) is 29.6 Å². The predicted molar refractivity (Wildman–Crippen MR) is 48.6 cm³/mol. The molecule has 0 aliphatic rings. The van der Waals surface area contributed by atoms with E-state index in [1.807, 2.05) is 0 Å². The van der Waals surface area contributed by atoms with Gasteiger partial charge in [0.05, 0.1) is 20.0 Å². The number of aliphatic hydroxyl groups is 1. The van der Waals surface area contributed by atoms with Gasteiger partial charge in [0.15, 0.2) is 5.60 Å². The topological polar surface area (TPSA) is 121 Å². The summed E-state index contributed by atoms with van der Waals surface area (Å²) in [5, 5.41) is 26.1. The molecule has 0 rings (SSSR count). The van der Waals surface area contributed by atoms with Crippen LogP contribution in [-0.2, 0) is 19.1 Å². The second-order valence-corrected chi connectivity index (χ2v) is 2.66. The Kier molecular flexibility index (Phi) is 7.59. The number of carbonyl (C=O) groups excluding carboxylic acids is 1. The van der Waals surface area contributed by atoms with Gasteiger partial charge in [-0.3, -0.25) is 9.59 Å². The minimum atomic E-state index is -2.51. The molecule has 0 radical (unpaired) electrons. The van der Waals surface area contributed by atoms with E-state index >= 15 is 0 Å². The zero-order valence-electron chi connectivity index (χ0n) is 7.39. The van der Waals surface area contributed by atoms with E-state index in [1.165, 1.54) is 0 Å². The van der Waals surface area contributed by atoms with E-state index < -0.39 is 36.4 Å². The van der Waals surface area contributed by atoms with Crippen molar-refractivity contribution >= 4 is 47.5 Å². The van der Waals surface area contributed by atoms with Crippen LogP contribution in [0.3, 0.4) is 0 Å². The van der Waals surface area contributed by atoms with Crippen molar-refractivity contribution in [2.24, 2.45) is 0 Å². The molecule has 0 heterocycles. The molecule has 0 fully saturated rings. The normalized spacial score (nSPS) is 10.0. The van der Waals surface area contributed by atoms with Crippen molar-refractivity contribution in [3.8, 4) is 0 Å². The molecule has 7 nitrogen and oxygen atoms in total. The van der Waals surface area contributed by atoms with Crippen molar-refractivity contribution in [1.82, 2.24) is 0 Å². The van der Waals surface area contributed by atoms with Crippen molar-refractivity contribution in [1.29, 1.82) is 0 Å². The molecule has 0 bridgehead atoms. The van der Waals surface area contributed by atoms with Crippen molar-refractivity contribution in [2.75, 3.05) is 7.11 Å². The molecule has 0 spiro atoms. The van der Waals surface area contributed by atoms with E-state index in [2.05, 4.69) is 4.74 Å². The molecular formula is C7H11NaO7. The Morgan fingerprint density at radius 2 is 1.47 bits per heavy atom. The molecule has 82 valence electrons. The average molecular weight is 230 g/mol. The predicted octanol–water partition coefficient (Wildman–Crippen LogP) is -1.81. The van der Waals surface area contributed by atoms with Gasteiger partial charge in [-0.25, -0.2) is 4.79 Å². The van der Waals surface area contributed by atoms with Crippen LogP contribution < -0.4 is 0 Å². The number of carboxylic acid groups (broad SMARTS) is 2. The van der Waals surface area contributed by atoms with Crippen LogP contribution in [0.1, 0.15) is 12.8 Å². The van der Waals surface area contributed by atoms with E-state index in [9.17, 15) is 19.5 Å². The Morgan fingerprint density at radius 1 is 1.13 bits per heavy atom. The fourth-order valence-electron chi connectivity index (χ4n) is 0.897. The Bertz CT molecular complexity index is 246. The summed E-state index contributed by atoms with van der Waals surface area (Å²) in [7, 11) is 0.928. The van der Waals surface area contributed by atoms with Gasteiger partial charge in [0, 0.05) is 0 Å². The Hall–Kier alpha value is -0.630. The van der Waals surface area contributed by atoms with Gasteiger partial charge in [0.25, 0.3) is 0 Å². The first-order valence-electron chi connectivity index (χ1n) is 3.56. The number of rotatable bonds is 5. The molecule has 0 saturated carbocycles. The van der Waals surface area contributed by atoms with Gasteiger partial charge in [0.2, 0.25) is 0 Å². The molecule has 0 aromatic rings. The van der Waals surface area contributed by atoms with Crippen molar-refractivity contribution in [3.05, 3.63) is 0 Å². The first kappa shape index (κ1) is 16.8. The number of carbonyl (C=O) groups is 3. The Balaban J connectivity index is 0. The summed E-state index contributed by atoms with van der Waals surface area (Å²) in [5.74, 6) is -4.25. The van der Waals surface area contributed by atoms with Crippen LogP contribution in [0.2, 0.25) is 0 Å². The van der Waals surface area contributed by atoms with Gasteiger partial charge in [0.1, 0.15) is 0 Å². The number of methoxy groups -OCH3 is 1. The van der Waals surface area contributed by atoms with Crippen molar-refractivity contribution < 1.29 is 34.4 Å². The molecule has 0 aliphatic heterocycles. The second kappa shape index (κ2) is 6.78. The van der Waals surface area contributed by atoms with Gasteiger partial charge in [-0.1, -0.05) is 0 Å². The van der Waals surface area contributed by atoms with Crippen LogP contribution in [0.15, 0.2) is 0 Å². The molecule has 0 amide bonds. The fourth-order valence-corrected chi connectivity index (χ4v) is 0.897. The zero-order chi connectivity index (χ0) is 11.4. The van der Waals surface area contributed by atoms with E-state index in [0.29, 0.717) is 0 Å². The van der Waals surface area contributed by atoms with Crippen LogP contribution in [0.5, 0.6) is 0 Å². The third-order valence-electron chi connectivity index (χ3n) is 1.45. The van der Waals surface area contributed by atoms with E-state index in [1.54, 1.807) is 0 Å². The first-order chi connectivity index (χ1) is 6.31. The van der Waals surface area contributed by atoms with Crippen LogP contribution in [0, 0.1) is 0 Å². The van der Waals surface area contributed by atoms with Gasteiger partial charge in [-0.15, -0.1) is 0 Å². The Labute approximate surface area is 107 Å². The van der Waals surface area contributed by atoms with E-state index in [4.69, 9.17) is 10.2 Å². The van der Waals surface area contributed by atoms with Gasteiger partial charge in [-0.05, 0) is 0 Å². The fraction of sp³-hybridized carbons (Fsp3) is 0.571. The third kappa shape index (κ3) is 5.73. The van der Waals surface area contributed by atoms with Crippen LogP contribution in [0.4, 0.5) is 0 Å². The molecule has 8 heteroatoms. The third-order valence-corrected chi connectivity index (χ3v) is 1.45. The van der Waals surface area contributed by atoms with Gasteiger partial charge in [-0.2, -0.15) is 0 Å². The summed E-state index contributed by atoms with van der Waals surface area (Å²) in [6.07, 6.45) is -2.02. The molecule has 0 aromatic carbocycles. The summed E-state index contributed by atoms with van der Waals surface area (Å²) in [5.41, 5.74) is -2.51. The van der Waals surface area contributed by atoms with Gasteiger partial charge >= 0.3 is 47.5 Å². The van der Waals surface area contributed by atoms with Gasteiger partial charge < -0.3 is 20.1 Å². The van der Waals surface area contributed by atoms with E-state index in [0.717, 1.165) is 7.11 Å². The number of hydrogen-bond acceptors (Lipinski definition) is 5. The Morgan fingerprint density at radius 3 is 1.67 bits per heavy atom. The SMILES string of the molecule is COC(=O)C(O)(CC(=O)O)CC(=O)O.[NaH]. The summed E-state index contributed by atoms with van der Waals surface area (Å²) >= 11 is 0. The average Bonchev–Trinajstić information content (AvgIpc) is 1.99. The second-order valence-electron chi connectivity index (χ2n) is 2.66. The quantitative estimate of drug-likeness (QED) is 0.376. The molecule has 0 unspecified atom stereocenters. The van der Waals surface area contributed by atoms with Crippen LogP contribution in [0.25, 0.3) is 0 Å². The molecular weight excluding hydrogens is 219 g/mol. The van der Waals surface area contributed by atoms with Crippen LogP contribution in [-0.4, -0.2) is 75.5 Å². The molecule has 3 N–H and O–H groups in total. The first-order valence-corrected chi connectivity index (χ1v) is 3.56. The summed E-state index contributed by atoms with van der Waals surface area (Å²) in [6, 6.07) is 0. The molecule has 15 heavy (non-hydrogen) atoms. The summed E-state index contributed by atoms with van der Waals surface area (Å²) in [4.78, 5) is 31.4. The maximum atomic E-state index is 10.9. The number of carboxylic acids is 2. The monoisotopic (exact) mass is 230 g/mol. The van der Waals surface area contributed by atoms with Crippen LogP contribution >= 0.6 is 0 Å². The molecule has 0 aromatic heterocycles. The number of hydrogen-bond donors (Lipinski definition) is 3. The summed E-state index contributed by atoms with van der Waals surface area (Å²) < 4.78 is 4.10. The number of aliphatic carboxylic acids is 2. The number of ether oxygens (including phenoxy) is 1. The molecule has 0 saturated heterocycles. The minimum absolute atomic E-state index is 0. The maximum absolute atomic E-state index is 10.9. The number of esters is 1. The van der Waals surface area contributed by atoms with Crippen molar-refractivity contribution in [2.45, 2.75) is 18.4 Å². The molecule has 0 atom stereocenters. The molecule has 0 aliphatic carbocycles.